The molecule has 2 aliphatic heterocycles. The first-order valence-electron chi connectivity index (χ1n) is 22.9. The Bertz CT molecular complexity index is 3900. The number of thiophene rings is 2. The van der Waals surface area contributed by atoms with Crippen LogP contribution < -0.4 is 15.7 Å². The van der Waals surface area contributed by atoms with Crippen LogP contribution in [0.25, 0.3) is 90.1 Å². The molecule has 0 saturated heterocycles. The van der Waals surface area contributed by atoms with E-state index in [2.05, 4.69) is 204 Å². The van der Waals surface area contributed by atoms with Crippen LogP contribution in [-0.2, 0) is 16.2 Å². The molecule has 3 aromatic heterocycles. The minimum Gasteiger partial charge on any atom is -0.376 e. The summed E-state index contributed by atoms with van der Waals surface area (Å²) in [6, 6.07) is 55.0. The normalized spacial score (nSPS) is 14.9. The molecule has 11 aromatic rings. The van der Waals surface area contributed by atoms with Crippen molar-refractivity contribution in [1.82, 2.24) is 4.57 Å². The first kappa shape index (κ1) is 37.3. The Morgan fingerprint density at radius 1 is 0.469 bits per heavy atom. The SMILES string of the molecule is CC(C)(C)c1ccc(N2B3c4cc5c(cc4-n4c6cc7c(cc6c6ccc(c3c64)-c3cc4sc6ccc(C(C)(C)C)cc6c4cc32)-c2ccccc2C7(C)C)sc2ccccc25)cc1. The highest BCUT2D eigenvalue weighted by Crippen LogP contribution is 2.53. The van der Waals surface area contributed by atoms with Crippen molar-refractivity contribution in [2.75, 3.05) is 4.81 Å². The van der Waals surface area contributed by atoms with Crippen molar-refractivity contribution in [3.05, 3.63) is 162 Å². The molecule has 0 unspecified atom stereocenters. The number of anilines is 2. The van der Waals surface area contributed by atoms with Gasteiger partial charge in [-0.1, -0.05) is 134 Å². The van der Waals surface area contributed by atoms with Crippen LogP contribution in [-0.4, -0.2) is 11.4 Å². The van der Waals surface area contributed by atoms with Crippen molar-refractivity contribution >= 4 is 114 Å². The van der Waals surface area contributed by atoms with Gasteiger partial charge in [-0.2, -0.15) is 0 Å². The zero-order valence-electron chi connectivity index (χ0n) is 37.6. The van der Waals surface area contributed by atoms with Crippen molar-refractivity contribution in [2.45, 2.75) is 71.6 Å². The molecule has 0 spiro atoms. The van der Waals surface area contributed by atoms with Crippen molar-refractivity contribution in [1.29, 1.82) is 0 Å². The Balaban J connectivity index is 1.15. The van der Waals surface area contributed by atoms with Gasteiger partial charge in [-0.15, -0.1) is 22.7 Å². The van der Waals surface area contributed by atoms with Gasteiger partial charge in [0.15, 0.2) is 0 Å². The second kappa shape index (κ2) is 12.1. The number of hydrogen-bond acceptors (Lipinski definition) is 3. The highest BCUT2D eigenvalue weighted by Gasteiger charge is 2.45. The van der Waals surface area contributed by atoms with E-state index in [0.717, 1.165) is 0 Å². The van der Waals surface area contributed by atoms with E-state index in [0.29, 0.717) is 0 Å². The van der Waals surface area contributed by atoms with Gasteiger partial charge >= 0.3 is 6.85 Å². The fraction of sp³-hybridized carbons (Fsp3) is 0.186. The van der Waals surface area contributed by atoms with Crippen LogP contribution in [0.15, 0.2) is 140 Å². The van der Waals surface area contributed by atoms with Crippen LogP contribution in [0.4, 0.5) is 11.4 Å². The van der Waals surface area contributed by atoms with E-state index in [1.54, 1.807) is 0 Å². The summed E-state index contributed by atoms with van der Waals surface area (Å²) in [5, 5.41) is 8.03. The molecule has 0 radical (unpaired) electrons. The summed E-state index contributed by atoms with van der Waals surface area (Å²) in [6.45, 7) is 18.7. The van der Waals surface area contributed by atoms with Gasteiger partial charge in [0, 0.05) is 79.2 Å². The average molecular weight is 859 g/mol. The van der Waals surface area contributed by atoms with Gasteiger partial charge in [0.05, 0.1) is 11.0 Å². The quantitative estimate of drug-likeness (QED) is 0.149. The van der Waals surface area contributed by atoms with Crippen LogP contribution in [0.1, 0.15) is 77.6 Å². The highest BCUT2D eigenvalue weighted by atomic mass is 32.1. The predicted octanol–water partition coefficient (Wildman–Crippen LogP) is 15.7. The highest BCUT2D eigenvalue weighted by molar-refractivity contribution is 7.26. The summed E-state index contributed by atoms with van der Waals surface area (Å²) in [6.07, 6.45) is 0. The van der Waals surface area contributed by atoms with Crippen LogP contribution in [0.5, 0.6) is 0 Å². The molecule has 3 aliphatic rings. The number of aromatic nitrogens is 1. The topological polar surface area (TPSA) is 8.17 Å². The summed E-state index contributed by atoms with van der Waals surface area (Å²) in [7, 11) is 0. The first-order valence-corrected chi connectivity index (χ1v) is 24.5. The van der Waals surface area contributed by atoms with Gasteiger partial charge in [-0.3, -0.25) is 0 Å². The molecule has 5 heteroatoms. The van der Waals surface area contributed by atoms with Gasteiger partial charge in [0.25, 0.3) is 0 Å². The summed E-state index contributed by atoms with van der Waals surface area (Å²) in [5.74, 6) is 0. The molecule has 0 atom stereocenters. The lowest BCUT2D eigenvalue weighted by Gasteiger charge is -2.42. The maximum Gasteiger partial charge on any atom is 0.333 e. The molecule has 64 heavy (non-hydrogen) atoms. The number of hydrogen-bond donors (Lipinski definition) is 0. The van der Waals surface area contributed by atoms with Gasteiger partial charge in [0.2, 0.25) is 0 Å². The molecule has 0 amide bonds. The largest absolute Gasteiger partial charge is 0.376 e. The third kappa shape index (κ3) is 4.76. The van der Waals surface area contributed by atoms with Crippen molar-refractivity contribution < 1.29 is 0 Å². The number of fused-ring (bicyclic) bond motifs is 17. The lowest BCUT2D eigenvalue weighted by Crippen LogP contribution is -2.60. The Morgan fingerprint density at radius 2 is 1.16 bits per heavy atom. The van der Waals surface area contributed by atoms with Gasteiger partial charge in [0.1, 0.15) is 0 Å². The van der Waals surface area contributed by atoms with Crippen LogP contribution >= 0.6 is 22.7 Å². The molecule has 0 saturated carbocycles. The van der Waals surface area contributed by atoms with E-state index in [1.807, 2.05) is 22.7 Å². The fourth-order valence-electron chi connectivity index (χ4n) is 11.9. The van der Waals surface area contributed by atoms with Gasteiger partial charge < -0.3 is 9.38 Å². The van der Waals surface area contributed by atoms with Gasteiger partial charge in [-0.25, -0.2) is 0 Å². The van der Waals surface area contributed by atoms with E-state index < -0.39 is 0 Å². The number of nitrogens with zero attached hydrogens (tertiary/aromatic N) is 2. The monoisotopic (exact) mass is 858 g/mol. The lowest BCUT2D eigenvalue weighted by atomic mass is 9.44. The first-order chi connectivity index (χ1) is 30.7. The molecular formula is C59H47BN2S2. The van der Waals surface area contributed by atoms with Crippen molar-refractivity contribution in [3.63, 3.8) is 0 Å². The van der Waals surface area contributed by atoms with Gasteiger partial charge in [-0.05, 0) is 121 Å². The summed E-state index contributed by atoms with van der Waals surface area (Å²) < 4.78 is 8.03. The Kier molecular flexibility index (Phi) is 7.07. The number of benzene rings is 8. The summed E-state index contributed by atoms with van der Waals surface area (Å²) in [4.78, 5) is 2.72. The maximum atomic E-state index is 2.72. The van der Waals surface area contributed by atoms with E-state index in [4.69, 9.17) is 0 Å². The molecule has 1 aliphatic carbocycles. The molecular weight excluding hydrogens is 812 g/mol. The minimum absolute atomic E-state index is 0.0446. The van der Waals surface area contributed by atoms with Crippen molar-refractivity contribution in [2.24, 2.45) is 0 Å². The standard InChI is InChI=1S/C59H47BN2S2/c1-57(2,3)32-17-20-34(21-18-32)62-49-28-44-42-25-33(58(4,5)6)19-24-52(42)64-53(44)29-41(49)37-22-23-38-40-26-39-35-13-9-11-15-45(35)59(7,8)46(39)30-48(40)61-50-31-54-43(36-14-10-12-16-51(36)63-54)27-47(50)60(62)55(37)56(38)61/h9-31H,1-8H3. The van der Waals surface area contributed by atoms with E-state index in [1.165, 1.54) is 135 Å². The molecule has 2 nitrogen and oxygen atoms in total. The molecule has 0 bridgehead atoms. The summed E-state index contributed by atoms with van der Waals surface area (Å²) in [5.41, 5.74) is 20.1. The third-order valence-corrected chi connectivity index (χ3v) is 17.5. The van der Waals surface area contributed by atoms with E-state index >= 15 is 0 Å². The summed E-state index contributed by atoms with van der Waals surface area (Å²) >= 11 is 3.85. The maximum absolute atomic E-state index is 2.72. The lowest BCUT2D eigenvalue weighted by molar-refractivity contribution is 0.590. The zero-order chi connectivity index (χ0) is 43.3. The molecule has 0 fully saturated rings. The molecule has 0 N–H and O–H groups in total. The second-order valence-electron chi connectivity index (χ2n) is 21.3. The second-order valence-corrected chi connectivity index (χ2v) is 23.5. The Hall–Kier alpha value is -6.14. The smallest absolute Gasteiger partial charge is 0.333 e. The Labute approximate surface area is 382 Å². The average Bonchev–Trinajstić information content (AvgIpc) is 3.99. The molecule has 5 heterocycles. The fourth-order valence-corrected chi connectivity index (χ4v) is 14.2. The Morgan fingerprint density at radius 3 is 1.95 bits per heavy atom. The molecule has 8 aromatic carbocycles. The molecule has 14 rings (SSSR count). The van der Waals surface area contributed by atoms with Crippen LogP contribution in [0.2, 0.25) is 0 Å². The van der Waals surface area contributed by atoms with E-state index in [9.17, 15) is 0 Å². The zero-order valence-corrected chi connectivity index (χ0v) is 39.2. The number of rotatable bonds is 1. The minimum atomic E-state index is -0.107. The van der Waals surface area contributed by atoms with Crippen molar-refractivity contribution in [3.8, 4) is 27.9 Å². The van der Waals surface area contributed by atoms with Crippen LogP contribution in [0, 0.1) is 0 Å². The third-order valence-electron chi connectivity index (χ3n) is 15.3. The molecule has 308 valence electrons. The predicted molar refractivity (Wildman–Crippen MR) is 281 cm³/mol. The van der Waals surface area contributed by atoms with Crippen LogP contribution in [0.3, 0.4) is 0 Å². The van der Waals surface area contributed by atoms with E-state index in [-0.39, 0.29) is 23.1 Å².